The minimum absolute atomic E-state index is 0.764. The van der Waals surface area contributed by atoms with E-state index in [1.165, 1.54) is 5.56 Å². The predicted octanol–water partition coefficient (Wildman–Crippen LogP) is 5.30. The maximum atomic E-state index is 6.14. The first kappa shape index (κ1) is 18.2. The molecule has 2 aromatic carbocycles. The number of anilines is 1. The second kappa shape index (κ2) is 8.65. The Morgan fingerprint density at radius 2 is 1.76 bits per heavy atom. The predicted molar refractivity (Wildman–Crippen MR) is 110 cm³/mol. The van der Waals surface area contributed by atoms with Gasteiger partial charge in [-0.15, -0.1) is 0 Å². The van der Waals surface area contributed by atoms with Crippen LogP contribution in [0.5, 0.6) is 0 Å². The van der Waals surface area contributed by atoms with Crippen LogP contribution in [0.1, 0.15) is 19.4 Å². The summed E-state index contributed by atoms with van der Waals surface area (Å²) in [5, 5.41) is 1.83. The summed E-state index contributed by atoms with van der Waals surface area (Å²) in [7, 11) is 0. The largest absolute Gasteiger partial charge is 0.342 e. The number of rotatable bonds is 8. The molecule has 0 spiro atoms. The monoisotopic (exact) mass is 373 g/mol. The zero-order valence-corrected chi connectivity index (χ0v) is 16.4. The normalized spacial score (nSPS) is 11.4. The van der Waals surface area contributed by atoms with Gasteiger partial charge in [-0.3, -0.25) is 0 Å². The lowest BCUT2D eigenvalue weighted by Gasteiger charge is -2.26. The van der Waals surface area contributed by atoms with Crippen LogP contribution in [0.2, 0.25) is 5.02 Å². The molecule has 0 bridgehead atoms. The minimum Gasteiger partial charge on any atom is -0.342 e. The van der Waals surface area contributed by atoms with Crippen LogP contribution in [0, 0.1) is 0 Å². The first-order valence-electron chi connectivity index (χ1n) is 8.77. The van der Waals surface area contributed by atoms with E-state index in [1.54, 1.807) is 11.3 Å². The van der Waals surface area contributed by atoms with Crippen molar-refractivity contribution in [3.8, 4) is 0 Å². The number of likely N-dealkylation sites (N-methyl/N-ethyl adjacent to an activating group) is 1. The average Bonchev–Trinajstić information content (AvgIpc) is 3.05. The molecule has 25 heavy (non-hydrogen) atoms. The molecule has 3 rings (SSSR count). The molecule has 0 saturated heterocycles. The third-order valence-corrected chi connectivity index (χ3v) is 5.72. The highest BCUT2D eigenvalue weighted by Gasteiger charge is 2.14. The van der Waals surface area contributed by atoms with Gasteiger partial charge in [0.15, 0.2) is 5.13 Å². The number of thiazole rings is 1. The molecule has 0 N–H and O–H groups in total. The summed E-state index contributed by atoms with van der Waals surface area (Å²) in [6.45, 7) is 9.45. The van der Waals surface area contributed by atoms with Crippen molar-refractivity contribution in [2.75, 3.05) is 31.1 Å². The lowest BCUT2D eigenvalue weighted by Crippen LogP contribution is -2.34. The minimum atomic E-state index is 0.764. The lowest BCUT2D eigenvalue weighted by molar-refractivity contribution is 0.309. The molecule has 1 aromatic heterocycles. The van der Waals surface area contributed by atoms with Gasteiger partial charge in [-0.2, -0.15) is 0 Å². The Morgan fingerprint density at radius 1 is 1.00 bits per heavy atom. The molecule has 0 fully saturated rings. The van der Waals surface area contributed by atoms with Crippen LogP contribution in [-0.4, -0.2) is 36.1 Å². The molecule has 0 atom stereocenters. The molecule has 0 saturated carbocycles. The molecule has 132 valence electrons. The van der Waals surface area contributed by atoms with Crippen LogP contribution < -0.4 is 4.90 Å². The van der Waals surface area contributed by atoms with Crippen LogP contribution >= 0.6 is 22.9 Å². The second-order valence-electron chi connectivity index (χ2n) is 6.04. The summed E-state index contributed by atoms with van der Waals surface area (Å²) in [5.74, 6) is 0. The molecule has 0 aliphatic carbocycles. The Bertz CT molecular complexity index is 799. The molecule has 0 aliphatic heterocycles. The van der Waals surface area contributed by atoms with Crippen molar-refractivity contribution in [3.05, 3.63) is 59.1 Å². The zero-order chi connectivity index (χ0) is 17.6. The van der Waals surface area contributed by atoms with E-state index in [0.717, 1.165) is 53.1 Å². The summed E-state index contributed by atoms with van der Waals surface area (Å²) < 4.78 is 1.14. The maximum Gasteiger partial charge on any atom is 0.186 e. The molecule has 0 amide bonds. The summed E-state index contributed by atoms with van der Waals surface area (Å²) in [4.78, 5) is 9.68. The van der Waals surface area contributed by atoms with Crippen LogP contribution in [0.3, 0.4) is 0 Å². The molecular weight excluding hydrogens is 350 g/mol. The van der Waals surface area contributed by atoms with Gasteiger partial charge in [-0.05, 0) is 36.9 Å². The van der Waals surface area contributed by atoms with Gasteiger partial charge in [0.25, 0.3) is 0 Å². The van der Waals surface area contributed by atoms with Crippen molar-refractivity contribution in [2.24, 2.45) is 0 Å². The van der Waals surface area contributed by atoms with E-state index in [2.05, 4.69) is 54.0 Å². The Balaban J connectivity index is 1.85. The Kier molecular flexibility index (Phi) is 6.29. The van der Waals surface area contributed by atoms with Gasteiger partial charge in [0.05, 0.1) is 10.2 Å². The number of benzene rings is 2. The molecule has 1 heterocycles. The summed E-state index contributed by atoms with van der Waals surface area (Å²) in [6, 6.07) is 16.5. The van der Waals surface area contributed by atoms with Crippen molar-refractivity contribution < 1.29 is 0 Å². The van der Waals surface area contributed by atoms with Gasteiger partial charge in [0, 0.05) is 24.7 Å². The van der Waals surface area contributed by atoms with Crippen LogP contribution in [-0.2, 0) is 6.54 Å². The van der Waals surface area contributed by atoms with Crippen LogP contribution in [0.25, 0.3) is 10.2 Å². The molecule has 5 heteroatoms. The van der Waals surface area contributed by atoms with Crippen molar-refractivity contribution >= 4 is 38.3 Å². The second-order valence-corrected chi connectivity index (χ2v) is 7.49. The fourth-order valence-corrected chi connectivity index (χ4v) is 4.14. The quantitative estimate of drug-likeness (QED) is 0.534. The number of hydrogen-bond donors (Lipinski definition) is 0. The Morgan fingerprint density at radius 3 is 2.48 bits per heavy atom. The average molecular weight is 374 g/mol. The molecular formula is C20H24ClN3S. The van der Waals surface area contributed by atoms with Gasteiger partial charge >= 0.3 is 0 Å². The SMILES string of the molecule is CCN(CC)CCN(Cc1ccccc1)c1nc2ccc(Cl)cc2s1. The molecule has 3 aromatic rings. The first-order chi connectivity index (χ1) is 12.2. The molecule has 3 nitrogen and oxygen atoms in total. The molecule has 0 aliphatic rings. The van der Waals surface area contributed by atoms with E-state index in [9.17, 15) is 0 Å². The highest BCUT2D eigenvalue weighted by atomic mass is 35.5. The zero-order valence-electron chi connectivity index (χ0n) is 14.8. The fourth-order valence-electron chi connectivity index (χ4n) is 2.87. The van der Waals surface area contributed by atoms with E-state index >= 15 is 0 Å². The summed E-state index contributed by atoms with van der Waals surface area (Å²) in [6.07, 6.45) is 0. The lowest BCUT2D eigenvalue weighted by atomic mass is 10.2. The van der Waals surface area contributed by atoms with Gasteiger partial charge in [0.2, 0.25) is 0 Å². The van der Waals surface area contributed by atoms with Gasteiger partial charge in [0.1, 0.15) is 0 Å². The molecule has 0 unspecified atom stereocenters. The van der Waals surface area contributed by atoms with Gasteiger partial charge in [-0.25, -0.2) is 4.98 Å². The van der Waals surface area contributed by atoms with Crippen molar-refractivity contribution in [1.82, 2.24) is 9.88 Å². The Labute approximate surface area is 158 Å². The number of halogens is 1. The van der Waals surface area contributed by atoms with E-state index in [1.807, 2.05) is 18.2 Å². The fraction of sp³-hybridized carbons (Fsp3) is 0.350. The van der Waals surface area contributed by atoms with Crippen molar-refractivity contribution in [1.29, 1.82) is 0 Å². The highest BCUT2D eigenvalue weighted by Crippen LogP contribution is 2.31. The number of nitrogens with zero attached hydrogens (tertiary/aromatic N) is 3. The van der Waals surface area contributed by atoms with Crippen molar-refractivity contribution in [3.63, 3.8) is 0 Å². The number of fused-ring (bicyclic) bond motifs is 1. The van der Waals surface area contributed by atoms with Crippen molar-refractivity contribution in [2.45, 2.75) is 20.4 Å². The maximum absolute atomic E-state index is 6.14. The topological polar surface area (TPSA) is 19.4 Å². The summed E-state index contributed by atoms with van der Waals surface area (Å²) >= 11 is 7.85. The van der Waals surface area contributed by atoms with E-state index in [-0.39, 0.29) is 0 Å². The van der Waals surface area contributed by atoms with E-state index in [4.69, 9.17) is 16.6 Å². The van der Waals surface area contributed by atoms with Gasteiger partial charge in [-0.1, -0.05) is 67.1 Å². The smallest absolute Gasteiger partial charge is 0.186 e. The molecule has 0 radical (unpaired) electrons. The Hall–Kier alpha value is -1.62. The van der Waals surface area contributed by atoms with Crippen LogP contribution in [0.15, 0.2) is 48.5 Å². The number of aromatic nitrogens is 1. The van der Waals surface area contributed by atoms with E-state index < -0.39 is 0 Å². The third-order valence-electron chi connectivity index (χ3n) is 4.41. The van der Waals surface area contributed by atoms with Gasteiger partial charge < -0.3 is 9.80 Å². The third kappa shape index (κ3) is 4.72. The standard InChI is InChI=1S/C20H24ClN3S/c1-3-23(4-2)12-13-24(15-16-8-6-5-7-9-16)20-22-18-11-10-17(21)14-19(18)25-20/h5-11,14H,3-4,12-13,15H2,1-2H3. The van der Waals surface area contributed by atoms with Crippen LogP contribution in [0.4, 0.5) is 5.13 Å². The summed E-state index contributed by atoms with van der Waals surface area (Å²) in [5.41, 5.74) is 2.32. The highest BCUT2D eigenvalue weighted by molar-refractivity contribution is 7.22. The first-order valence-corrected chi connectivity index (χ1v) is 9.96. The number of hydrogen-bond acceptors (Lipinski definition) is 4. The van der Waals surface area contributed by atoms with E-state index in [0.29, 0.717) is 0 Å².